The number of aliphatic imine (C=N–C) groups is 1. The molecule has 6 heteroatoms. The maximum atomic E-state index is 6.19. The number of hydrogen-bond donors (Lipinski definition) is 2. The average Bonchev–Trinajstić information content (AvgIpc) is 3.55. The lowest BCUT2D eigenvalue weighted by Gasteiger charge is -2.33. The Labute approximate surface area is 185 Å². The van der Waals surface area contributed by atoms with Crippen LogP contribution in [-0.2, 0) is 5.41 Å². The smallest absolute Gasteiger partial charge is 0.191 e. The Kier molecular flexibility index (Phi) is 7.31. The van der Waals surface area contributed by atoms with E-state index in [1.807, 2.05) is 6.07 Å². The van der Waals surface area contributed by atoms with E-state index in [-0.39, 0.29) is 29.4 Å². The molecule has 1 aromatic rings. The Morgan fingerprint density at radius 3 is 2.56 bits per heavy atom. The van der Waals surface area contributed by atoms with Gasteiger partial charge in [0.2, 0.25) is 0 Å². The van der Waals surface area contributed by atoms with Crippen molar-refractivity contribution in [2.45, 2.75) is 62.9 Å². The van der Waals surface area contributed by atoms with Crippen LogP contribution >= 0.6 is 35.6 Å². The van der Waals surface area contributed by atoms with E-state index >= 15 is 0 Å². The van der Waals surface area contributed by atoms with Crippen molar-refractivity contribution in [1.29, 1.82) is 0 Å². The summed E-state index contributed by atoms with van der Waals surface area (Å²) >= 11 is 6.19. The van der Waals surface area contributed by atoms with Gasteiger partial charge in [-0.05, 0) is 63.1 Å². The topological polar surface area (TPSA) is 39.7 Å². The van der Waals surface area contributed by atoms with Crippen molar-refractivity contribution in [1.82, 2.24) is 15.5 Å². The van der Waals surface area contributed by atoms with E-state index < -0.39 is 0 Å². The Morgan fingerprint density at radius 2 is 1.96 bits per heavy atom. The number of piperidine rings is 1. The Morgan fingerprint density at radius 1 is 1.22 bits per heavy atom. The normalized spacial score (nSPS) is 22.8. The van der Waals surface area contributed by atoms with Crippen LogP contribution in [0.1, 0.15) is 51.0 Å². The molecule has 2 aliphatic carbocycles. The Balaban J connectivity index is 0.00000210. The van der Waals surface area contributed by atoms with Crippen molar-refractivity contribution in [2.24, 2.45) is 4.99 Å². The number of guanidine groups is 1. The minimum atomic E-state index is 0. The van der Waals surface area contributed by atoms with Crippen LogP contribution in [-0.4, -0.2) is 49.1 Å². The third-order valence-corrected chi connectivity index (χ3v) is 6.34. The lowest BCUT2D eigenvalue weighted by Crippen LogP contribution is -2.49. The molecule has 2 N–H and O–H groups in total. The van der Waals surface area contributed by atoms with Crippen LogP contribution in [0.3, 0.4) is 0 Å². The molecule has 1 aliphatic heterocycles. The summed E-state index contributed by atoms with van der Waals surface area (Å²) in [4.78, 5) is 7.62. The summed E-state index contributed by atoms with van der Waals surface area (Å²) in [5.41, 5.74) is 1.53. The van der Waals surface area contributed by atoms with Gasteiger partial charge in [-0.3, -0.25) is 4.99 Å². The highest BCUT2D eigenvalue weighted by molar-refractivity contribution is 14.0. The van der Waals surface area contributed by atoms with Gasteiger partial charge in [0.1, 0.15) is 0 Å². The van der Waals surface area contributed by atoms with Gasteiger partial charge in [0, 0.05) is 42.2 Å². The number of likely N-dealkylation sites (tertiary alicyclic amines) is 1. The average molecular weight is 503 g/mol. The fraction of sp³-hybridized carbons (Fsp3) is 0.667. The van der Waals surface area contributed by atoms with Crippen molar-refractivity contribution >= 4 is 41.5 Å². The Hall–Kier alpha value is -0.530. The molecule has 0 amide bonds. The number of nitrogens with zero attached hydrogens (tertiary/aromatic N) is 2. The third-order valence-electron chi connectivity index (χ3n) is 6.11. The largest absolute Gasteiger partial charge is 0.357 e. The third kappa shape index (κ3) is 5.51. The lowest BCUT2D eigenvalue weighted by atomic mass is 9.96. The van der Waals surface area contributed by atoms with E-state index in [0.29, 0.717) is 6.04 Å². The second kappa shape index (κ2) is 9.31. The molecule has 4 nitrogen and oxygen atoms in total. The molecule has 150 valence electrons. The molecule has 1 saturated heterocycles. The summed E-state index contributed by atoms with van der Waals surface area (Å²) in [6, 6.07) is 9.75. The van der Waals surface area contributed by atoms with Gasteiger partial charge in [0.05, 0.1) is 6.54 Å². The van der Waals surface area contributed by atoms with Gasteiger partial charge in [-0.2, -0.15) is 0 Å². The number of rotatable bonds is 6. The van der Waals surface area contributed by atoms with Crippen LogP contribution in [0.5, 0.6) is 0 Å². The summed E-state index contributed by atoms with van der Waals surface area (Å²) < 4.78 is 0. The van der Waals surface area contributed by atoms with Crippen molar-refractivity contribution < 1.29 is 0 Å². The number of hydrogen-bond acceptors (Lipinski definition) is 2. The lowest BCUT2D eigenvalue weighted by molar-refractivity contribution is 0.197. The van der Waals surface area contributed by atoms with E-state index in [1.165, 1.54) is 57.2 Å². The molecule has 0 radical (unpaired) electrons. The first-order valence-electron chi connectivity index (χ1n) is 10.2. The summed E-state index contributed by atoms with van der Waals surface area (Å²) in [7, 11) is 0. The van der Waals surface area contributed by atoms with Crippen LogP contribution in [0.15, 0.2) is 29.3 Å². The van der Waals surface area contributed by atoms with E-state index in [1.54, 1.807) is 0 Å². The highest BCUT2D eigenvalue weighted by atomic mass is 127. The summed E-state index contributed by atoms with van der Waals surface area (Å²) in [6.45, 7) is 6.33. The van der Waals surface area contributed by atoms with Crippen molar-refractivity contribution in [3.8, 4) is 0 Å². The molecule has 1 aromatic carbocycles. The van der Waals surface area contributed by atoms with Gasteiger partial charge >= 0.3 is 0 Å². The number of benzene rings is 1. The van der Waals surface area contributed by atoms with Crippen LogP contribution in [0, 0.1) is 0 Å². The van der Waals surface area contributed by atoms with Gasteiger partial charge in [-0.1, -0.05) is 23.7 Å². The van der Waals surface area contributed by atoms with Gasteiger partial charge < -0.3 is 15.5 Å². The zero-order chi connectivity index (χ0) is 18.0. The zero-order valence-electron chi connectivity index (χ0n) is 16.2. The molecule has 0 spiro atoms. The molecular weight excluding hydrogens is 471 g/mol. The SMILES string of the molecule is CCNC(=NCC1(c2cccc(Cl)c2)CC1)NC1CCN(C2CC2)CC1.I. The quantitative estimate of drug-likeness (QED) is 0.348. The number of nitrogens with one attached hydrogen (secondary N) is 2. The molecule has 4 rings (SSSR count). The first-order chi connectivity index (χ1) is 12.7. The van der Waals surface area contributed by atoms with Crippen molar-refractivity contribution in [3.05, 3.63) is 34.9 Å². The predicted octanol–water partition coefficient (Wildman–Crippen LogP) is 4.17. The minimum absolute atomic E-state index is 0. The monoisotopic (exact) mass is 502 g/mol. The van der Waals surface area contributed by atoms with Gasteiger partial charge in [-0.25, -0.2) is 0 Å². The molecule has 0 aromatic heterocycles. The zero-order valence-corrected chi connectivity index (χ0v) is 19.3. The van der Waals surface area contributed by atoms with Crippen molar-refractivity contribution in [3.63, 3.8) is 0 Å². The standard InChI is InChI=1S/C21H31ClN4.HI/c1-2-23-20(25-18-8-12-26(13-9-18)19-6-7-19)24-15-21(10-11-21)16-4-3-5-17(22)14-16;/h3-5,14,18-19H,2,6-13,15H2,1H3,(H2,23,24,25);1H. The fourth-order valence-corrected chi connectivity index (χ4v) is 4.29. The molecule has 1 heterocycles. The molecule has 3 fully saturated rings. The van der Waals surface area contributed by atoms with E-state index in [9.17, 15) is 0 Å². The van der Waals surface area contributed by atoms with E-state index in [0.717, 1.165) is 30.1 Å². The summed E-state index contributed by atoms with van der Waals surface area (Å²) in [5, 5.41) is 7.95. The second-order valence-electron chi connectivity index (χ2n) is 8.17. The summed E-state index contributed by atoms with van der Waals surface area (Å²) in [6.07, 6.45) is 7.67. The van der Waals surface area contributed by atoms with Crippen LogP contribution in [0.25, 0.3) is 0 Å². The fourth-order valence-electron chi connectivity index (χ4n) is 4.10. The Bertz CT molecular complexity index is 649. The van der Waals surface area contributed by atoms with Crippen LogP contribution in [0.2, 0.25) is 5.02 Å². The molecule has 3 aliphatic rings. The number of halogens is 2. The first-order valence-corrected chi connectivity index (χ1v) is 10.6. The second-order valence-corrected chi connectivity index (χ2v) is 8.61. The maximum Gasteiger partial charge on any atom is 0.191 e. The molecule has 27 heavy (non-hydrogen) atoms. The van der Waals surface area contributed by atoms with E-state index in [4.69, 9.17) is 16.6 Å². The van der Waals surface area contributed by atoms with E-state index in [2.05, 4.69) is 40.7 Å². The first kappa shape index (κ1) is 21.2. The molecular formula is C21H32ClIN4. The highest BCUT2D eigenvalue weighted by Gasteiger charge is 2.44. The van der Waals surface area contributed by atoms with Gasteiger partial charge in [0.25, 0.3) is 0 Å². The molecule has 0 bridgehead atoms. The molecule has 0 unspecified atom stereocenters. The summed E-state index contributed by atoms with van der Waals surface area (Å²) in [5.74, 6) is 0.977. The van der Waals surface area contributed by atoms with Crippen LogP contribution in [0.4, 0.5) is 0 Å². The molecule has 0 atom stereocenters. The predicted molar refractivity (Wildman–Crippen MR) is 125 cm³/mol. The molecule has 2 saturated carbocycles. The van der Waals surface area contributed by atoms with Gasteiger partial charge in [-0.15, -0.1) is 24.0 Å². The minimum Gasteiger partial charge on any atom is -0.357 e. The highest BCUT2D eigenvalue weighted by Crippen LogP contribution is 2.48. The maximum absolute atomic E-state index is 6.19. The van der Waals surface area contributed by atoms with Gasteiger partial charge in [0.15, 0.2) is 5.96 Å². The van der Waals surface area contributed by atoms with Crippen molar-refractivity contribution in [2.75, 3.05) is 26.2 Å². The van der Waals surface area contributed by atoms with Crippen LogP contribution < -0.4 is 10.6 Å².